The van der Waals surface area contributed by atoms with Gasteiger partial charge < -0.3 is 15.1 Å². The number of rotatable bonds is 12. The molecular weight excluding hydrogens is 294 g/mol. The van der Waals surface area contributed by atoms with E-state index in [0.29, 0.717) is 0 Å². The van der Waals surface area contributed by atoms with E-state index >= 15 is 0 Å². The summed E-state index contributed by atoms with van der Waals surface area (Å²) in [5.41, 5.74) is 2.42. The first kappa shape index (κ1) is 21.4. The monoisotopic (exact) mass is 325 g/mol. The Hall–Kier alpha value is -1.62. The van der Waals surface area contributed by atoms with Gasteiger partial charge in [0, 0.05) is 0 Å². The van der Waals surface area contributed by atoms with Gasteiger partial charge in [0.2, 0.25) is 0 Å². The Balaban J connectivity index is 4.09. The average Bonchev–Trinajstić information content (AvgIpc) is 2.42. The Labute approximate surface area is 139 Å². The second kappa shape index (κ2) is 11.9. The fourth-order valence-corrected chi connectivity index (χ4v) is 2.21. The summed E-state index contributed by atoms with van der Waals surface area (Å²) in [6.07, 6.45) is 9.23. The van der Waals surface area contributed by atoms with Crippen molar-refractivity contribution in [2.24, 2.45) is 5.92 Å². The zero-order chi connectivity index (χ0) is 17.8. The Bertz CT molecular complexity index is 424. The molecular formula is C18H31NO4. The minimum absolute atomic E-state index is 0.0454. The van der Waals surface area contributed by atoms with E-state index in [9.17, 15) is 9.59 Å². The highest BCUT2D eigenvalue weighted by Gasteiger charge is 2.24. The summed E-state index contributed by atoms with van der Waals surface area (Å²) in [6, 6.07) is 0. The van der Waals surface area contributed by atoms with Crippen molar-refractivity contribution in [3.8, 4) is 0 Å². The summed E-state index contributed by atoms with van der Waals surface area (Å²) in [5.74, 6) is -3.91. The van der Waals surface area contributed by atoms with Gasteiger partial charge in [0.15, 0.2) is 5.92 Å². The van der Waals surface area contributed by atoms with Crippen LogP contribution in [0, 0.1) is 5.92 Å². The van der Waals surface area contributed by atoms with E-state index in [1.165, 1.54) is 18.4 Å². The van der Waals surface area contributed by atoms with Crippen LogP contribution >= 0.6 is 0 Å². The normalized spacial score (nSPS) is 13.0. The van der Waals surface area contributed by atoms with Crippen LogP contribution in [0.25, 0.3) is 0 Å². The van der Waals surface area contributed by atoms with Crippen LogP contribution in [0.1, 0.15) is 52.4 Å². The number of carboxylic acids is 2. The first-order valence-corrected chi connectivity index (χ1v) is 8.15. The third-order valence-corrected chi connectivity index (χ3v) is 3.76. The molecule has 0 saturated heterocycles. The van der Waals surface area contributed by atoms with Crippen molar-refractivity contribution in [1.82, 2.24) is 4.90 Å². The predicted octanol–water partition coefficient (Wildman–Crippen LogP) is 3.57. The lowest BCUT2D eigenvalue weighted by Crippen LogP contribution is -2.22. The molecule has 0 fully saturated rings. The zero-order valence-electron chi connectivity index (χ0n) is 14.8. The van der Waals surface area contributed by atoms with Crippen LogP contribution in [-0.4, -0.2) is 47.7 Å². The Kier molecular flexibility index (Phi) is 11.0. The molecule has 0 aromatic heterocycles. The summed E-state index contributed by atoms with van der Waals surface area (Å²) in [4.78, 5) is 23.8. The highest BCUT2D eigenvalue weighted by atomic mass is 16.4. The van der Waals surface area contributed by atoms with Crippen LogP contribution in [0.15, 0.2) is 23.3 Å². The number of aliphatic carboxylic acids is 2. The lowest BCUT2D eigenvalue weighted by Gasteiger charge is -2.09. The van der Waals surface area contributed by atoms with Gasteiger partial charge in [-0.05, 0) is 73.0 Å². The molecule has 0 bridgehead atoms. The third kappa shape index (κ3) is 11.6. The lowest BCUT2D eigenvalue weighted by molar-refractivity contribution is -0.154. The second-order valence-electron chi connectivity index (χ2n) is 6.36. The number of hydrogen-bond donors (Lipinski definition) is 2. The number of unbranched alkanes of at least 4 members (excludes halogenated alkanes) is 1. The molecule has 0 aromatic rings. The van der Waals surface area contributed by atoms with Gasteiger partial charge in [0.1, 0.15) is 0 Å². The van der Waals surface area contributed by atoms with Crippen LogP contribution in [0.4, 0.5) is 0 Å². The van der Waals surface area contributed by atoms with Crippen LogP contribution < -0.4 is 0 Å². The van der Waals surface area contributed by atoms with Crippen molar-refractivity contribution in [3.05, 3.63) is 23.3 Å². The lowest BCUT2D eigenvalue weighted by atomic mass is 10.0. The molecule has 0 radical (unpaired) electrons. The van der Waals surface area contributed by atoms with Crippen molar-refractivity contribution >= 4 is 11.9 Å². The van der Waals surface area contributed by atoms with Crippen LogP contribution in [0.5, 0.6) is 0 Å². The first-order valence-electron chi connectivity index (χ1n) is 8.15. The fourth-order valence-electron chi connectivity index (χ4n) is 2.21. The van der Waals surface area contributed by atoms with Gasteiger partial charge in [-0.2, -0.15) is 0 Å². The number of hydrogen-bond acceptors (Lipinski definition) is 3. The van der Waals surface area contributed by atoms with Crippen molar-refractivity contribution in [3.63, 3.8) is 0 Å². The smallest absolute Gasteiger partial charge is 0.318 e. The molecule has 0 rings (SSSR count). The van der Waals surface area contributed by atoms with Gasteiger partial charge in [-0.15, -0.1) is 0 Å². The van der Waals surface area contributed by atoms with Crippen molar-refractivity contribution in [1.29, 1.82) is 0 Å². The Morgan fingerprint density at radius 1 is 0.957 bits per heavy atom. The Morgan fingerprint density at radius 2 is 1.52 bits per heavy atom. The topological polar surface area (TPSA) is 77.8 Å². The molecule has 0 amide bonds. The maximum Gasteiger partial charge on any atom is 0.318 e. The van der Waals surface area contributed by atoms with E-state index in [2.05, 4.69) is 32.0 Å². The molecule has 0 aliphatic carbocycles. The molecule has 5 nitrogen and oxygen atoms in total. The van der Waals surface area contributed by atoms with Gasteiger partial charge in [-0.1, -0.05) is 23.3 Å². The standard InChI is InChI=1S/C18H31NO4/c1-14(8-5-6-13-19(3)4)9-7-10-15(2)11-12-16(17(20)21)18(22)23/h9,11,16H,5-8,10,12-13H2,1-4H3,(H,20,21)(H,22,23). The maximum atomic E-state index is 10.8. The average molecular weight is 325 g/mol. The molecule has 132 valence electrons. The zero-order valence-corrected chi connectivity index (χ0v) is 14.8. The predicted molar refractivity (Wildman–Crippen MR) is 92.5 cm³/mol. The van der Waals surface area contributed by atoms with Crippen LogP contribution in [0.2, 0.25) is 0 Å². The van der Waals surface area contributed by atoms with E-state index in [0.717, 1.165) is 31.4 Å². The minimum Gasteiger partial charge on any atom is -0.481 e. The van der Waals surface area contributed by atoms with Gasteiger partial charge >= 0.3 is 11.9 Å². The third-order valence-electron chi connectivity index (χ3n) is 3.76. The number of allylic oxidation sites excluding steroid dienone is 4. The molecule has 5 heteroatoms. The van der Waals surface area contributed by atoms with Crippen molar-refractivity contribution in [2.75, 3.05) is 20.6 Å². The van der Waals surface area contributed by atoms with Crippen LogP contribution in [-0.2, 0) is 9.59 Å². The van der Waals surface area contributed by atoms with Gasteiger partial charge in [0.05, 0.1) is 0 Å². The quantitative estimate of drug-likeness (QED) is 0.326. The number of carbonyl (C=O) groups is 2. The fraction of sp³-hybridized carbons (Fsp3) is 0.667. The van der Waals surface area contributed by atoms with E-state index in [4.69, 9.17) is 10.2 Å². The van der Waals surface area contributed by atoms with Gasteiger partial charge in [-0.3, -0.25) is 9.59 Å². The van der Waals surface area contributed by atoms with Crippen LogP contribution in [0.3, 0.4) is 0 Å². The molecule has 0 aliphatic heterocycles. The molecule has 23 heavy (non-hydrogen) atoms. The van der Waals surface area contributed by atoms with E-state index in [-0.39, 0.29) is 6.42 Å². The summed E-state index contributed by atoms with van der Waals surface area (Å²) in [6.45, 7) is 5.17. The second-order valence-corrected chi connectivity index (χ2v) is 6.36. The van der Waals surface area contributed by atoms with Gasteiger partial charge in [-0.25, -0.2) is 0 Å². The van der Waals surface area contributed by atoms with Crippen molar-refractivity contribution < 1.29 is 19.8 Å². The molecule has 0 atom stereocenters. The molecule has 0 aliphatic rings. The van der Waals surface area contributed by atoms with E-state index in [1.807, 2.05) is 6.92 Å². The minimum atomic E-state index is -1.35. The molecule has 0 heterocycles. The SMILES string of the molecule is CC(=CCC(C(=O)O)C(=O)O)CCC=C(C)CCCCN(C)C. The first-order chi connectivity index (χ1) is 10.7. The highest BCUT2D eigenvalue weighted by molar-refractivity contribution is 5.93. The summed E-state index contributed by atoms with van der Waals surface area (Å²) >= 11 is 0. The number of nitrogens with zero attached hydrogens (tertiary/aromatic N) is 1. The molecule has 0 aromatic carbocycles. The summed E-state index contributed by atoms with van der Waals surface area (Å²) in [7, 11) is 4.16. The van der Waals surface area contributed by atoms with Gasteiger partial charge in [0.25, 0.3) is 0 Å². The van der Waals surface area contributed by atoms with Crippen molar-refractivity contribution in [2.45, 2.75) is 52.4 Å². The largest absolute Gasteiger partial charge is 0.481 e. The number of carboxylic acid groups (broad SMARTS) is 2. The molecule has 0 spiro atoms. The molecule has 0 unspecified atom stereocenters. The maximum absolute atomic E-state index is 10.8. The summed E-state index contributed by atoms with van der Waals surface area (Å²) in [5, 5.41) is 17.6. The molecule has 0 saturated carbocycles. The molecule has 2 N–H and O–H groups in total. The highest BCUT2D eigenvalue weighted by Crippen LogP contribution is 2.14. The van der Waals surface area contributed by atoms with E-state index in [1.54, 1.807) is 6.08 Å². The summed E-state index contributed by atoms with van der Waals surface area (Å²) < 4.78 is 0. The van der Waals surface area contributed by atoms with E-state index < -0.39 is 17.9 Å². The Morgan fingerprint density at radius 3 is 2.04 bits per heavy atom.